The van der Waals surface area contributed by atoms with E-state index in [-0.39, 0.29) is 5.88 Å². The summed E-state index contributed by atoms with van der Waals surface area (Å²) in [6, 6.07) is 1.59. The van der Waals surface area contributed by atoms with Crippen LogP contribution in [0.25, 0.3) is 0 Å². The van der Waals surface area contributed by atoms with Crippen LogP contribution in [0.15, 0.2) is 12.4 Å². The van der Waals surface area contributed by atoms with Gasteiger partial charge in [-0.05, 0) is 14.0 Å². The van der Waals surface area contributed by atoms with Crippen molar-refractivity contribution in [3.63, 3.8) is 0 Å². The van der Waals surface area contributed by atoms with E-state index in [4.69, 9.17) is 4.74 Å². The summed E-state index contributed by atoms with van der Waals surface area (Å²) < 4.78 is 4.91. The topological polar surface area (TPSA) is 76.1 Å². The predicted molar refractivity (Wildman–Crippen MR) is 54.7 cm³/mol. The zero-order chi connectivity index (χ0) is 11.1. The standard InChI is InChI=1S/C9H14N4O2/c1-7-5-8(13-6-12-7)15-9(14)11-4-3-10-2/h5-6,10H,3-4H2,1-2H3,(H,11,14). The quantitative estimate of drug-likeness (QED) is 0.689. The average Bonchev–Trinajstić information content (AvgIpc) is 2.18. The lowest BCUT2D eigenvalue weighted by atomic mass is 10.4. The van der Waals surface area contributed by atoms with Crippen LogP contribution < -0.4 is 15.4 Å². The lowest BCUT2D eigenvalue weighted by Gasteiger charge is -2.05. The molecular weight excluding hydrogens is 196 g/mol. The predicted octanol–water partition coefficient (Wildman–Crippen LogP) is 0.0928. The fourth-order valence-corrected chi connectivity index (χ4v) is 0.907. The first-order valence-corrected chi connectivity index (χ1v) is 4.61. The molecule has 0 saturated heterocycles. The first-order valence-electron chi connectivity index (χ1n) is 4.61. The Balaban J connectivity index is 2.37. The number of carbonyl (C=O) groups excluding carboxylic acids is 1. The van der Waals surface area contributed by atoms with Gasteiger partial charge in [0.2, 0.25) is 5.88 Å². The summed E-state index contributed by atoms with van der Waals surface area (Å²) in [6.45, 7) is 3.00. The van der Waals surface area contributed by atoms with E-state index >= 15 is 0 Å². The Morgan fingerprint density at radius 3 is 2.93 bits per heavy atom. The summed E-state index contributed by atoms with van der Waals surface area (Å²) in [7, 11) is 1.81. The van der Waals surface area contributed by atoms with Crippen molar-refractivity contribution in [3.8, 4) is 5.88 Å². The minimum absolute atomic E-state index is 0.254. The van der Waals surface area contributed by atoms with Crippen molar-refractivity contribution in [2.24, 2.45) is 0 Å². The molecule has 0 radical (unpaired) electrons. The highest BCUT2D eigenvalue weighted by Gasteiger charge is 2.04. The molecule has 2 N–H and O–H groups in total. The van der Waals surface area contributed by atoms with Crippen molar-refractivity contribution in [2.75, 3.05) is 20.1 Å². The first kappa shape index (κ1) is 11.4. The van der Waals surface area contributed by atoms with Crippen LogP contribution in [-0.2, 0) is 0 Å². The summed E-state index contributed by atoms with van der Waals surface area (Å²) in [4.78, 5) is 18.9. The Morgan fingerprint density at radius 2 is 2.27 bits per heavy atom. The zero-order valence-corrected chi connectivity index (χ0v) is 8.78. The van der Waals surface area contributed by atoms with Gasteiger partial charge in [0.15, 0.2) is 0 Å². The number of aryl methyl sites for hydroxylation is 1. The van der Waals surface area contributed by atoms with Crippen molar-refractivity contribution < 1.29 is 9.53 Å². The van der Waals surface area contributed by atoms with E-state index in [9.17, 15) is 4.79 Å². The van der Waals surface area contributed by atoms with Crippen LogP contribution in [0.3, 0.4) is 0 Å². The molecule has 6 heteroatoms. The molecule has 0 unspecified atom stereocenters. The highest BCUT2D eigenvalue weighted by atomic mass is 16.6. The third kappa shape index (κ3) is 4.37. The molecule has 0 atom stereocenters. The molecule has 0 saturated carbocycles. The van der Waals surface area contributed by atoms with E-state index in [2.05, 4.69) is 20.6 Å². The Kier molecular flexibility index (Phi) is 4.49. The smallest absolute Gasteiger partial charge is 0.391 e. The number of aromatic nitrogens is 2. The van der Waals surface area contributed by atoms with Gasteiger partial charge in [-0.2, -0.15) is 0 Å². The maximum atomic E-state index is 11.2. The van der Waals surface area contributed by atoms with Gasteiger partial charge in [0.25, 0.3) is 0 Å². The van der Waals surface area contributed by atoms with E-state index < -0.39 is 6.09 Å². The summed E-state index contributed by atoms with van der Waals surface area (Å²) >= 11 is 0. The molecule has 1 heterocycles. The van der Waals surface area contributed by atoms with Gasteiger partial charge in [-0.1, -0.05) is 0 Å². The summed E-state index contributed by atoms with van der Waals surface area (Å²) in [5.41, 5.74) is 0.753. The largest absolute Gasteiger partial charge is 0.413 e. The number of nitrogens with zero attached hydrogens (tertiary/aromatic N) is 2. The van der Waals surface area contributed by atoms with E-state index in [0.717, 1.165) is 5.69 Å². The van der Waals surface area contributed by atoms with E-state index in [1.807, 2.05) is 0 Å². The van der Waals surface area contributed by atoms with Crippen LogP contribution in [0.1, 0.15) is 5.69 Å². The number of ether oxygens (including phenoxy) is 1. The zero-order valence-electron chi connectivity index (χ0n) is 8.78. The van der Waals surface area contributed by atoms with Gasteiger partial charge in [-0.15, -0.1) is 0 Å². The molecule has 0 aliphatic heterocycles. The van der Waals surface area contributed by atoms with Crippen LogP contribution in [-0.4, -0.2) is 36.2 Å². The Labute approximate surface area is 88.1 Å². The Bertz CT molecular complexity index is 330. The van der Waals surface area contributed by atoms with Crippen LogP contribution in [0.2, 0.25) is 0 Å². The van der Waals surface area contributed by atoms with Gasteiger partial charge in [-0.25, -0.2) is 14.8 Å². The lowest BCUT2D eigenvalue weighted by molar-refractivity contribution is 0.198. The molecule has 0 aliphatic rings. The number of rotatable bonds is 4. The molecule has 15 heavy (non-hydrogen) atoms. The molecule has 1 rings (SSSR count). The van der Waals surface area contributed by atoms with Crippen LogP contribution in [0.5, 0.6) is 5.88 Å². The molecule has 0 fully saturated rings. The molecule has 6 nitrogen and oxygen atoms in total. The number of hydrogen-bond acceptors (Lipinski definition) is 5. The van der Waals surface area contributed by atoms with E-state index in [1.165, 1.54) is 6.33 Å². The van der Waals surface area contributed by atoms with Crippen LogP contribution in [0.4, 0.5) is 4.79 Å². The van der Waals surface area contributed by atoms with Crippen LogP contribution >= 0.6 is 0 Å². The maximum Gasteiger partial charge on any atom is 0.413 e. The summed E-state index contributed by atoms with van der Waals surface area (Å²) in [5.74, 6) is 0.254. The molecule has 1 aromatic rings. The van der Waals surface area contributed by atoms with Crippen molar-refractivity contribution in [1.29, 1.82) is 0 Å². The van der Waals surface area contributed by atoms with E-state index in [1.54, 1.807) is 20.0 Å². The van der Waals surface area contributed by atoms with Gasteiger partial charge in [-0.3, -0.25) is 0 Å². The summed E-state index contributed by atoms with van der Waals surface area (Å²) in [5, 5.41) is 5.47. The Hall–Kier alpha value is -1.69. The second kappa shape index (κ2) is 5.92. The molecule has 1 amide bonds. The summed E-state index contributed by atoms with van der Waals surface area (Å²) in [6.07, 6.45) is 0.842. The normalized spacial score (nSPS) is 9.73. The number of carbonyl (C=O) groups is 1. The van der Waals surface area contributed by atoms with Gasteiger partial charge < -0.3 is 15.4 Å². The fraction of sp³-hybridized carbons (Fsp3) is 0.444. The fourth-order valence-electron chi connectivity index (χ4n) is 0.907. The van der Waals surface area contributed by atoms with Crippen LogP contribution in [0, 0.1) is 6.92 Å². The number of likely N-dealkylation sites (N-methyl/N-ethyl adjacent to an activating group) is 1. The maximum absolute atomic E-state index is 11.2. The number of amides is 1. The van der Waals surface area contributed by atoms with Gasteiger partial charge in [0.1, 0.15) is 6.33 Å². The molecule has 1 aromatic heterocycles. The second-order valence-corrected chi connectivity index (χ2v) is 2.92. The molecule has 0 spiro atoms. The number of nitrogens with one attached hydrogen (secondary N) is 2. The van der Waals surface area contributed by atoms with E-state index in [0.29, 0.717) is 13.1 Å². The van der Waals surface area contributed by atoms with Crippen molar-refractivity contribution >= 4 is 6.09 Å². The highest BCUT2D eigenvalue weighted by Crippen LogP contribution is 2.05. The van der Waals surface area contributed by atoms with Crippen molar-refractivity contribution in [3.05, 3.63) is 18.1 Å². The van der Waals surface area contributed by atoms with Gasteiger partial charge in [0, 0.05) is 24.8 Å². The first-order chi connectivity index (χ1) is 7.22. The molecular formula is C9H14N4O2. The third-order valence-electron chi connectivity index (χ3n) is 1.62. The van der Waals surface area contributed by atoms with Gasteiger partial charge in [0.05, 0.1) is 0 Å². The third-order valence-corrected chi connectivity index (χ3v) is 1.62. The molecule has 0 aliphatic carbocycles. The lowest BCUT2D eigenvalue weighted by Crippen LogP contribution is -2.32. The minimum Gasteiger partial charge on any atom is -0.391 e. The molecule has 82 valence electrons. The monoisotopic (exact) mass is 210 g/mol. The molecule has 0 bridgehead atoms. The average molecular weight is 210 g/mol. The van der Waals surface area contributed by atoms with Gasteiger partial charge >= 0.3 is 6.09 Å². The van der Waals surface area contributed by atoms with Crippen molar-refractivity contribution in [1.82, 2.24) is 20.6 Å². The SMILES string of the molecule is CNCCNC(=O)Oc1cc(C)ncn1. The number of hydrogen-bond donors (Lipinski definition) is 2. The highest BCUT2D eigenvalue weighted by molar-refractivity contribution is 5.69. The minimum atomic E-state index is -0.511. The second-order valence-electron chi connectivity index (χ2n) is 2.92. The Morgan fingerprint density at radius 1 is 1.47 bits per heavy atom. The molecule has 0 aromatic carbocycles. The van der Waals surface area contributed by atoms with Crippen molar-refractivity contribution in [2.45, 2.75) is 6.92 Å².